The smallest absolute Gasteiger partial charge is 0.253 e. The summed E-state index contributed by atoms with van der Waals surface area (Å²) in [6, 6.07) is 10.4. The van der Waals surface area contributed by atoms with Crippen LogP contribution in [-0.4, -0.2) is 22.8 Å². The van der Waals surface area contributed by atoms with Gasteiger partial charge in [-0.25, -0.2) is 0 Å². The van der Waals surface area contributed by atoms with E-state index >= 15 is 0 Å². The zero-order chi connectivity index (χ0) is 13.6. The zero-order valence-corrected chi connectivity index (χ0v) is 11.4. The van der Waals surface area contributed by atoms with Crippen molar-refractivity contribution in [1.29, 1.82) is 0 Å². The fourth-order valence-corrected chi connectivity index (χ4v) is 1.94. The van der Waals surface area contributed by atoms with Crippen LogP contribution < -0.4 is 10.1 Å². The van der Waals surface area contributed by atoms with E-state index in [1.54, 1.807) is 0 Å². The lowest BCUT2D eigenvalue weighted by Gasteiger charge is -2.01. The van der Waals surface area contributed by atoms with Crippen LogP contribution in [0.2, 0.25) is 0 Å². The van der Waals surface area contributed by atoms with Gasteiger partial charge in [-0.1, -0.05) is 18.2 Å². The van der Waals surface area contributed by atoms with Gasteiger partial charge in [-0.15, -0.1) is 10.2 Å². The van der Waals surface area contributed by atoms with Crippen molar-refractivity contribution in [2.24, 2.45) is 0 Å². The van der Waals surface area contributed by atoms with Crippen LogP contribution in [0, 0.1) is 0 Å². The van der Waals surface area contributed by atoms with E-state index in [9.17, 15) is 0 Å². The summed E-state index contributed by atoms with van der Waals surface area (Å²) >= 11 is 0. The van der Waals surface area contributed by atoms with Gasteiger partial charge in [0.25, 0.3) is 5.89 Å². The Kier molecular flexibility index (Phi) is 4.28. The summed E-state index contributed by atoms with van der Waals surface area (Å²) in [5.74, 6) is 2.02. The van der Waals surface area contributed by atoms with Gasteiger partial charge < -0.3 is 14.5 Å². The second-order valence-corrected chi connectivity index (χ2v) is 5.02. The van der Waals surface area contributed by atoms with Crippen molar-refractivity contribution in [2.75, 3.05) is 6.54 Å². The molecule has 1 aliphatic carbocycles. The van der Waals surface area contributed by atoms with E-state index in [4.69, 9.17) is 9.15 Å². The number of para-hydroxylation sites is 1. The van der Waals surface area contributed by atoms with Crippen LogP contribution in [-0.2, 0) is 13.0 Å². The Morgan fingerprint density at radius 3 is 2.75 bits per heavy atom. The van der Waals surface area contributed by atoms with Crippen molar-refractivity contribution in [3.63, 3.8) is 0 Å². The predicted octanol–water partition coefficient (Wildman–Crippen LogP) is 2.33. The molecule has 0 radical (unpaired) electrons. The van der Waals surface area contributed by atoms with Crippen LogP contribution >= 0.6 is 0 Å². The number of hydrogen-bond donors (Lipinski definition) is 1. The van der Waals surface area contributed by atoms with Crippen LogP contribution in [0.15, 0.2) is 34.7 Å². The minimum absolute atomic E-state index is 0.317. The number of ether oxygens (including phenoxy) is 1. The highest BCUT2D eigenvalue weighted by Crippen LogP contribution is 2.18. The van der Waals surface area contributed by atoms with E-state index in [1.807, 2.05) is 30.3 Å². The molecule has 1 heterocycles. The first-order chi connectivity index (χ1) is 9.90. The standard InChI is InChI=1S/C15H19N3O2/c1-2-5-13(6-3-1)19-11-15-18-17-14(20-15)7-4-10-16-12-8-9-12/h1-3,5-6,12,16H,4,7-11H2. The maximum absolute atomic E-state index is 5.56. The second-order valence-electron chi connectivity index (χ2n) is 5.02. The Hall–Kier alpha value is -1.88. The molecule has 1 saturated carbocycles. The normalized spacial score (nSPS) is 14.4. The van der Waals surface area contributed by atoms with E-state index in [-0.39, 0.29) is 0 Å². The molecule has 0 spiro atoms. The van der Waals surface area contributed by atoms with Crippen molar-refractivity contribution in [3.05, 3.63) is 42.1 Å². The molecule has 1 aromatic heterocycles. The number of aromatic nitrogens is 2. The van der Waals surface area contributed by atoms with Gasteiger partial charge in [0.15, 0.2) is 6.61 Å². The molecule has 3 rings (SSSR count). The maximum Gasteiger partial charge on any atom is 0.253 e. The molecule has 1 aromatic carbocycles. The average Bonchev–Trinajstić information content (AvgIpc) is 3.21. The van der Waals surface area contributed by atoms with Gasteiger partial charge in [-0.3, -0.25) is 0 Å². The highest BCUT2D eigenvalue weighted by molar-refractivity contribution is 5.20. The summed E-state index contributed by atoms with van der Waals surface area (Å²) in [4.78, 5) is 0. The molecular weight excluding hydrogens is 254 g/mol. The van der Waals surface area contributed by atoms with Crippen LogP contribution in [0.25, 0.3) is 0 Å². The van der Waals surface area contributed by atoms with Gasteiger partial charge in [0.1, 0.15) is 5.75 Å². The van der Waals surface area contributed by atoms with Crippen LogP contribution in [0.3, 0.4) is 0 Å². The molecule has 5 heteroatoms. The van der Waals surface area contributed by atoms with E-state index in [2.05, 4.69) is 15.5 Å². The molecule has 0 atom stereocenters. The van der Waals surface area contributed by atoms with Crippen molar-refractivity contribution < 1.29 is 9.15 Å². The molecule has 106 valence electrons. The Balaban J connectivity index is 1.39. The molecule has 1 aliphatic rings. The number of nitrogens with zero attached hydrogens (tertiary/aromatic N) is 2. The third-order valence-corrected chi connectivity index (χ3v) is 3.19. The lowest BCUT2D eigenvalue weighted by atomic mass is 10.3. The number of hydrogen-bond acceptors (Lipinski definition) is 5. The van der Waals surface area contributed by atoms with Gasteiger partial charge >= 0.3 is 0 Å². The molecule has 0 aliphatic heterocycles. The fourth-order valence-electron chi connectivity index (χ4n) is 1.94. The van der Waals surface area contributed by atoms with Crippen LogP contribution in [0.1, 0.15) is 31.0 Å². The van der Waals surface area contributed by atoms with Gasteiger partial charge in [0, 0.05) is 12.5 Å². The SMILES string of the molecule is c1ccc(OCc2nnc(CCCNC3CC3)o2)cc1. The van der Waals surface area contributed by atoms with E-state index in [1.165, 1.54) is 12.8 Å². The molecule has 20 heavy (non-hydrogen) atoms. The Bertz CT molecular complexity index is 523. The van der Waals surface area contributed by atoms with Crippen molar-refractivity contribution in [2.45, 2.75) is 38.3 Å². The van der Waals surface area contributed by atoms with Gasteiger partial charge in [0.05, 0.1) is 0 Å². The third kappa shape index (κ3) is 4.06. The molecular formula is C15H19N3O2. The largest absolute Gasteiger partial charge is 0.484 e. The van der Waals surface area contributed by atoms with Crippen molar-refractivity contribution >= 4 is 0 Å². The third-order valence-electron chi connectivity index (χ3n) is 3.19. The quantitative estimate of drug-likeness (QED) is 0.748. The number of nitrogens with one attached hydrogen (secondary N) is 1. The second kappa shape index (κ2) is 6.52. The summed E-state index contributed by atoms with van der Waals surface area (Å²) in [7, 11) is 0. The lowest BCUT2D eigenvalue weighted by molar-refractivity contribution is 0.258. The monoisotopic (exact) mass is 273 g/mol. The highest BCUT2D eigenvalue weighted by Gasteiger charge is 2.19. The van der Waals surface area contributed by atoms with Gasteiger partial charge in [-0.2, -0.15) is 0 Å². The topological polar surface area (TPSA) is 60.2 Å². The zero-order valence-electron chi connectivity index (χ0n) is 11.4. The van der Waals surface area contributed by atoms with Crippen molar-refractivity contribution in [3.8, 4) is 5.75 Å². The lowest BCUT2D eigenvalue weighted by Crippen LogP contribution is -2.17. The first kappa shape index (κ1) is 13.1. The Morgan fingerprint density at radius 2 is 1.95 bits per heavy atom. The average molecular weight is 273 g/mol. The van der Waals surface area contributed by atoms with E-state index in [0.29, 0.717) is 18.4 Å². The van der Waals surface area contributed by atoms with E-state index < -0.39 is 0 Å². The van der Waals surface area contributed by atoms with Crippen LogP contribution in [0.4, 0.5) is 0 Å². The molecule has 0 amide bonds. The molecule has 0 saturated heterocycles. The molecule has 0 bridgehead atoms. The molecule has 0 unspecified atom stereocenters. The van der Waals surface area contributed by atoms with Gasteiger partial charge in [-0.05, 0) is 37.9 Å². The highest BCUT2D eigenvalue weighted by atomic mass is 16.5. The predicted molar refractivity (Wildman–Crippen MR) is 74.4 cm³/mol. The maximum atomic E-state index is 5.56. The summed E-state index contributed by atoms with van der Waals surface area (Å²) in [6.07, 6.45) is 4.48. The van der Waals surface area contributed by atoms with Crippen molar-refractivity contribution in [1.82, 2.24) is 15.5 Å². The summed E-state index contributed by atoms with van der Waals surface area (Å²) in [6.45, 7) is 1.33. The Labute approximate surface area is 118 Å². The van der Waals surface area contributed by atoms with Crippen LogP contribution in [0.5, 0.6) is 5.75 Å². The number of benzene rings is 1. The minimum atomic E-state index is 0.317. The summed E-state index contributed by atoms with van der Waals surface area (Å²) in [5, 5.41) is 11.5. The number of rotatable bonds is 8. The molecule has 2 aromatic rings. The van der Waals surface area contributed by atoms with E-state index in [0.717, 1.165) is 31.2 Å². The first-order valence-corrected chi connectivity index (χ1v) is 7.12. The molecule has 1 fully saturated rings. The minimum Gasteiger partial charge on any atom is -0.484 e. The molecule has 5 nitrogen and oxygen atoms in total. The molecule has 1 N–H and O–H groups in total. The summed E-state index contributed by atoms with van der Waals surface area (Å²) < 4.78 is 11.1. The Morgan fingerprint density at radius 1 is 1.15 bits per heavy atom. The number of aryl methyl sites for hydroxylation is 1. The summed E-state index contributed by atoms with van der Waals surface area (Å²) in [5.41, 5.74) is 0. The van der Waals surface area contributed by atoms with Gasteiger partial charge in [0.2, 0.25) is 5.89 Å². The first-order valence-electron chi connectivity index (χ1n) is 7.12. The fraction of sp³-hybridized carbons (Fsp3) is 0.467.